The van der Waals surface area contributed by atoms with Crippen molar-refractivity contribution in [1.82, 2.24) is 0 Å². The van der Waals surface area contributed by atoms with Gasteiger partial charge in [0.25, 0.3) is 0 Å². The molecule has 0 saturated heterocycles. The summed E-state index contributed by atoms with van der Waals surface area (Å²) in [7, 11) is 0. The third-order valence-corrected chi connectivity index (χ3v) is 25.3. The van der Waals surface area contributed by atoms with Crippen molar-refractivity contribution in [2.24, 2.45) is 0 Å². The molecule has 0 saturated carbocycles. The van der Waals surface area contributed by atoms with Gasteiger partial charge in [0, 0.05) is 0 Å². The van der Waals surface area contributed by atoms with E-state index >= 15 is 0 Å². The monoisotopic (exact) mass is 530 g/mol. The Bertz CT molecular complexity index is 1470. The molecule has 0 amide bonds. The predicted molar refractivity (Wildman–Crippen MR) is 148 cm³/mol. The molecule has 0 heterocycles. The zero-order valence-electron chi connectivity index (χ0n) is 20.8. The number of benzene rings is 4. The zero-order valence-corrected chi connectivity index (χ0v) is 23.3. The van der Waals surface area contributed by atoms with Gasteiger partial charge in [-0.05, 0) is 0 Å². The van der Waals surface area contributed by atoms with Crippen LogP contribution in [-0.4, -0.2) is 3.21 Å². The van der Waals surface area contributed by atoms with Crippen molar-refractivity contribution in [2.45, 2.75) is 26.2 Å². The summed E-state index contributed by atoms with van der Waals surface area (Å²) in [6, 6.07) is 40.8. The summed E-state index contributed by atoms with van der Waals surface area (Å²) in [5, 5.41) is 0. The molecule has 4 aromatic rings. The first-order valence-electron chi connectivity index (χ1n) is 12.7. The van der Waals surface area contributed by atoms with Gasteiger partial charge in [-0.1, -0.05) is 0 Å². The third kappa shape index (κ3) is 3.40. The van der Waals surface area contributed by atoms with Crippen molar-refractivity contribution < 1.29 is 18.3 Å². The maximum absolute atomic E-state index is 4.11. The van der Waals surface area contributed by atoms with Crippen molar-refractivity contribution in [1.29, 1.82) is 0 Å². The van der Waals surface area contributed by atoms with Crippen LogP contribution >= 0.6 is 0 Å². The summed E-state index contributed by atoms with van der Waals surface area (Å²) in [4.78, 5) is 0. The molecule has 172 valence electrons. The van der Waals surface area contributed by atoms with E-state index in [1.54, 1.807) is 6.49 Å². The maximum atomic E-state index is 2.72. The number of rotatable bonds is 4. The van der Waals surface area contributed by atoms with E-state index < -0.39 is 18.3 Å². The van der Waals surface area contributed by atoms with Crippen LogP contribution in [0.2, 0.25) is 9.26 Å². The fraction of sp³-hybridized carbons (Fsp3) is 0.147. The molecule has 0 unspecified atom stereocenters. The third-order valence-electron chi connectivity index (χ3n) is 8.63. The van der Waals surface area contributed by atoms with Crippen molar-refractivity contribution in [3.8, 4) is 11.1 Å². The average Bonchev–Trinajstić information content (AvgIpc) is 3.48. The molecule has 0 aliphatic heterocycles. The Morgan fingerprint density at radius 1 is 0.629 bits per heavy atom. The van der Waals surface area contributed by atoms with Gasteiger partial charge in [0.15, 0.2) is 0 Å². The van der Waals surface area contributed by atoms with E-state index in [1.165, 1.54) is 39.0 Å². The van der Waals surface area contributed by atoms with E-state index in [9.17, 15) is 0 Å². The van der Waals surface area contributed by atoms with Crippen LogP contribution in [0.4, 0.5) is 0 Å². The van der Waals surface area contributed by atoms with Gasteiger partial charge < -0.3 is 0 Å². The Kier molecular flexibility index (Phi) is 5.39. The molecule has 1 heteroatoms. The quantitative estimate of drug-likeness (QED) is 0.246. The van der Waals surface area contributed by atoms with Crippen molar-refractivity contribution in [2.75, 3.05) is 0 Å². The number of hydrogen-bond acceptors (Lipinski definition) is 0. The van der Waals surface area contributed by atoms with Crippen LogP contribution in [0.3, 0.4) is 0 Å². The zero-order chi connectivity index (χ0) is 24.1. The van der Waals surface area contributed by atoms with Crippen LogP contribution in [0.15, 0.2) is 130 Å². The van der Waals surface area contributed by atoms with E-state index in [0.29, 0.717) is 3.63 Å². The van der Waals surface area contributed by atoms with Gasteiger partial charge in [-0.2, -0.15) is 0 Å². The summed E-state index contributed by atoms with van der Waals surface area (Å²) in [6.45, 7) is 2.27. The van der Waals surface area contributed by atoms with Crippen LogP contribution in [-0.2, 0) is 18.3 Å². The first-order valence-corrected chi connectivity index (χ1v) is 21.5. The van der Waals surface area contributed by atoms with Crippen molar-refractivity contribution >= 4 is 3.21 Å². The minimum absolute atomic E-state index is 0.393. The minimum atomic E-state index is -4.11. The molecular weight excluding hydrogens is 500 g/mol. The van der Waals surface area contributed by atoms with Gasteiger partial charge in [-0.25, -0.2) is 0 Å². The normalized spacial score (nSPS) is 15.3. The second kappa shape index (κ2) is 8.35. The van der Waals surface area contributed by atoms with Gasteiger partial charge in [0.1, 0.15) is 0 Å². The molecule has 2 aliphatic rings. The van der Waals surface area contributed by atoms with E-state index in [0.717, 1.165) is 6.42 Å². The van der Waals surface area contributed by atoms with E-state index in [1.807, 2.05) is 0 Å². The molecule has 0 radical (unpaired) electrons. The summed E-state index contributed by atoms with van der Waals surface area (Å²) in [5.74, 6) is 0. The molecule has 2 aliphatic carbocycles. The molecule has 0 bridgehead atoms. The molecule has 0 aromatic heterocycles. The topological polar surface area (TPSA) is 0 Å². The number of hydrogen-bond donors (Lipinski definition) is 0. The Labute approximate surface area is 210 Å². The molecule has 0 spiro atoms. The fourth-order valence-corrected chi connectivity index (χ4v) is 23.9. The van der Waals surface area contributed by atoms with Crippen molar-refractivity contribution in [3.05, 3.63) is 152 Å². The molecule has 0 atom stereocenters. The van der Waals surface area contributed by atoms with E-state index in [-0.39, 0.29) is 0 Å². The molecule has 4 aromatic carbocycles. The van der Waals surface area contributed by atoms with E-state index in [4.69, 9.17) is 0 Å². The van der Waals surface area contributed by atoms with Crippen LogP contribution < -0.4 is 0 Å². The van der Waals surface area contributed by atoms with Gasteiger partial charge in [0.05, 0.1) is 0 Å². The average molecular weight is 532 g/mol. The van der Waals surface area contributed by atoms with Crippen LogP contribution in [0.25, 0.3) is 11.1 Å². The molecule has 6 rings (SSSR count). The Morgan fingerprint density at radius 3 is 1.54 bits per heavy atom. The van der Waals surface area contributed by atoms with Gasteiger partial charge in [-0.3, -0.25) is 0 Å². The predicted octanol–water partition coefficient (Wildman–Crippen LogP) is 9.05. The summed E-state index contributed by atoms with van der Waals surface area (Å²) < 4.78 is 9.11. The molecule has 0 fully saturated rings. The Balaban J connectivity index is 1.84. The molecular formula is C34H32Zr. The van der Waals surface area contributed by atoms with Gasteiger partial charge in [-0.15, -0.1) is 0 Å². The Hall–Kier alpha value is -2.89. The van der Waals surface area contributed by atoms with Crippen LogP contribution in [0, 0.1) is 0 Å². The first kappa shape index (κ1) is 22.6. The second-order valence-corrected chi connectivity index (χ2v) is 27.5. The SMILES string of the molecule is CC1=CC[C]([Zr]([CH3])([CH3])(=[C](c2ccccc2)c2ccccc2)[CH]2c3ccccc3-c3ccccc32)=C1. The van der Waals surface area contributed by atoms with Crippen molar-refractivity contribution in [3.63, 3.8) is 0 Å². The van der Waals surface area contributed by atoms with Gasteiger partial charge >= 0.3 is 211 Å². The summed E-state index contributed by atoms with van der Waals surface area (Å²) in [5.41, 5.74) is 10.0. The first-order chi connectivity index (χ1) is 17.0. The number of fused-ring (bicyclic) bond motifs is 3. The van der Waals surface area contributed by atoms with Crippen LogP contribution in [0.1, 0.15) is 39.2 Å². The molecule has 0 N–H and O–H groups in total. The fourth-order valence-electron chi connectivity index (χ4n) is 7.04. The Morgan fingerprint density at radius 2 is 1.09 bits per heavy atom. The second-order valence-electron chi connectivity index (χ2n) is 11.0. The molecule has 0 nitrogen and oxygen atoms in total. The number of allylic oxidation sites excluding steroid dienone is 4. The molecule has 35 heavy (non-hydrogen) atoms. The summed E-state index contributed by atoms with van der Waals surface area (Å²) >= 11 is -4.11. The standard InChI is InChI=1S/C13H9.C13H10.C6H7.2CH3.Zr/c1-3-7-12-10(5-1)9-11-6-2-4-8-13(11)12;1-3-7-12(8-4-1)11-13-9-5-2-6-10-13;1-6-4-2-3-5-6;;;/h1-9H;1-10H;4-5H,2H2,1H3;2*1H3;. The van der Waals surface area contributed by atoms with E-state index in [2.05, 4.69) is 138 Å². The van der Waals surface area contributed by atoms with Gasteiger partial charge in [0.2, 0.25) is 0 Å². The van der Waals surface area contributed by atoms with Crippen LogP contribution in [0.5, 0.6) is 0 Å². The summed E-state index contributed by atoms with van der Waals surface area (Å²) in [6.07, 6.45) is 6.05.